The monoisotopic (exact) mass is 403 g/mol. The van der Waals surface area contributed by atoms with Crippen molar-refractivity contribution in [1.82, 2.24) is 4.90 Å². The molecule has 1 aliphatic heterocycles. The summed E-state index contributed by atoms with van der Waals surface area (Å²) in [6, 6.07) is 15.7. The van der Waals surface area contributed by atoms with E-state index in [0.717, 1.165) is 49.7 Å². The molecular weight excluding hydrogens is 374 g/mol. The van der Waals surface area contributed by atoms with E-state index in [9.17, 15) is 5.11 Å². The molecule has 0 aliphatic carbocycles. The smallest absolute Gasteiger partial charge is 0.119 e. The molecular formula is C23H30ClNO3. The lowest BCUT2D eigenvalue weighted by Crippen LogP contribution is -2.44. The van der Waals surface area contributed by atoms with Gasteiger partial charge in [-0.2, -0.15) is 0 Å². The maximum absolute atomic E-state index is 11.9. The van der Waals surface area contributed by atoms with E-state index in [2.05, 4.69) is 4.90 Å². The van der Waals surface area contributed by atoms with E-state index in [1.165, 1.54) is 0 Å². The molecule has 3 rings (SSSR count). The van der Waals surface area contributed by atoms with E-state index in [0.29, 0.717) is 18.1 Å². The average Bonchev–Trinajstić information content (AvgIpc) is 2.74. The van der Waals surface area contributed by atoms with Crippen LogP contribution in [0.4, 0.5) is 0 Å². The highest BCUT2D eigenvalue weighted by molar-refractivity contribution is 6.30. The fourth-order valence-corrected chi connectivity index (χ4v) is 4.05. The Balaban J connectivity index is 1.95. The lowest BCUT2D eigenvalue weighted by Gasteiger charge is -2.40. The number of halogens is 1. The molecule has 152 valence electrons. The summed E-state index contributed by atoms with van der Waals surface area (Å²) in [5.41, 5.74) is 1.01. The highest BCUT2D eigenvalue weighted by Crippen LogP contribution is 2.41. The molecule has 1 saturated heterocycles. The molecule has 0 amide bonds. The summed E-state index contributed by atoms with van der Waals surface area (Å²) in [6.07, 6.45) is 0.610. The van der Waals surface area contributed by atoms with Crippen LogP contribution in [-0.2, 0) is 10.3 Å². The molecule has 0 radical (unpaired) electrons. The van der Waals surface area contributed by atoms with E-state index < -0.39 is 5.60 Å². The van der Waals surface area contributed by atoms with Gasteiger partial charge in [0, 0.05) is 30.6 Å². The molecule has 0 bridgehead atoms. The largest absolute Gasteiger partial charge is 0.494 e. The highest BCUT2D eigenvalue weighted by Gasteiger charge is 2.39. The van der Waals surface area contributed by atoms with Crippen LogP contribution in [0.25, 0.3) is 0 Å². The number of aliphatic hydroxyl groups is 1. The lowest BCUT2D eigenvalue weighted by atomic mass is 9.75. The second-order valence-corrected chi connectivity index (χ2v) is 7.69. The van der Waals surface area contributed by atoms with Crippen molar-refractivity contribution in [2.45, 2.75) is 31.8 Å². The molecule has 0 aromatic heterocycles. The van der Waals surface area contributed by atoms with Crippen LogP contribution in [0, 0.1) is 0 Å². The fourth-order valence-electron chi connectivity index (χ4n) is 3.93. The van der Waals surface area contributed by atoms with Crippen LogP contribution in [0.3, 0.4) is 0 Å². The molecule has 0 spiro atoms. The molecule has 5 heteroatoms. The predicted molar refractivity (Wildman–Crippen MR) is 113 cm³/mol. The Hall–Kier alpha value is -1.59. The van der Waals surface area contributed by atoms with Crippen molar-refractivity contribution in [2.75, 3.05) is 39.5 Å². The third-order valence-electron chi connectivity index (χ3n) is 5.60. The first-order valence-electron chi connectivity index (χ1n) is 10.1. The molecule has 2 unspecified atom stereocenters. The Kier molecular flexibility index (Phi) is 7.36. The van der Waals surface area contributed by atoms with Gasteiger partial charge in [0.05, 0.1) is 25.4 Å². The third-order valence-corrected chi connectivity index (χ3v) is 5.85. The SMILES string of the molecule is CCOc1ccc(C(O)(CC)C(CN2CCOCC2)c2ccc(Cl)cc2)cc1. The number of morpholine rings is 1. The number of hydrogen-bond acceptors (Lipinski definition) is 4. The second-order valence-electron chi connectivity index (χ2n) is 7.25. The minimum Gasteiger partial charge on any atom is -0.494 e. The normalized spacial score (nSPS) is 18.4. The Morgan fingerprint density at radius 3 is 2.29 bits per heavy atom. The van der Waals surface area contributed by atoms with Gasteiger partial charge in [0.1, 0.15) is 5.75 Å². The van der Waals surface area contributed by atoms with Gasteiger partial charge in [-0.3, -0.25) is 4.90 Å². The first-order chi connectivity index (χ1) is 13.6. The van der Waals surface area contributed by atoms with Crippen LogP contribution in [-0.4, -0.2) is 49.5 Å². The number of rotatable bonds is 8. The van der Waals surface area contributed by atoms with Gasteiger partial charge >= 0.3 is 0 Å². The maximum Gasteiger partial charge on any atom is 0.119 e. The van der Waals surface area contributed by atoms with Crippen LogP contribution in [0.15, 0.2) is 48.5 Å². The molecule has 1 heterocycles. The van der Waals surface area contributed by atoms with E-state index in [1.807, 2.05) is 62.4 Å². The van der Waals surface area contributed by atoms with Crippen LogP contribution in [0.5, 0.6) is 5.75 Å². The van der Waals surface area contributed by atoms with E-state index >= 15 is 0 Å². The van der Waals surface area contributed by atoms with Gasteiger partial charge in [0.25, 0.3) is 0 Å². The Labute approximate surface area is 173 Å². The summed E-state index contributed by atoms with van der Waals surface area (Å²) in [7, 11) is 0. The van der Waals surface area contributed by atoms with E-state index in [4.69, 9.17) is 21.1 Å². The van der Waals surface area contributed by atoms with Gasteiger partial charge in [0.2, 0.25) is 0 Å². The van der Waals surface area contributed by atoms with Crippen molar-refractivity contribution in [1.29, 1.82) is 0 Å². The van der Waals surface area contributed by atoms with Crippen molar-refractivity contribution in [3.63, 3.8) is 0 Å². The van der Waals surface area contributed by atoms with Crippen LogP contribution in [0.1, 0.15) is 37.3 Å². The topological polar surface area (TPSA) is 41.9 Å². The summed E-state index contributed by atoms with van der Waals surface area (Å²) >= 11 is 6.12. The van der Waals surface area contributed by atoms with Crippen LogP contribution < -0.4 is 4.74 Å². The van der Waals surface area contributed by atoms with Crippen molar-refractivity contribution >= 4 is 11.6 Å². The number of benzene rings is 2. The summed E-state index contributed by atoms with van der Waals surface area (Å²) in [5.74, 6) is 0.742. The van der Waals surface area contributed by atoms with Gasteiger partial charge in [-0.1, -0.05) is 42.8 Å². The zero-order valence-corrected chi connectivity index (χ0v) is 17.5. The maximum atomic E-state index is 11.9. The van der Waals surface area contributed by atoms with Gasteiger partial charge in [-0.05, 0) is 48.7 Å². The summed E-state index contributed by atoms with van der Waals surface area (Å²) in [6.45, 7) is 8.64. The standard InChI is InChI=1S/C23H30ClNO3/c1-3-23(26,19-7-11-21(12-8-19)28-4-2)22(17-25-13-15-27-16-14-25)18-5-9-20(24)10-6-18/h5-12,22,26H,3-4,13-17H2,1-2H3. The van der Waals surface area contributed by atoms with E-state index in [-0.39, 0.29) is 5.92 Å². The predicted octanol–water partition coefficient (Wildman–Crippen LogP) is 4.45. The third kappa shape index (κ3) is 4.87. The molecule has 28 heavy (non-hydrogen) atoms. The first kappa shape index (κ1) is 21.1. The zero-order valence-electron chi connectivity index (χ0n) is 16.7. The van der Waals surface area contributed by atoms with Crippen molar-refractivity contribution in [3.8, 4) is 5.75 Å². The second kappa shape index (κ2) is 9.75. The molecule has 0 saturated carbocycles. The molecule has 2 aromatic carbocycles. The fraction of sp³-hybridized carbons (Fsp3) is 0.478. The molecule has 1 N–H and O–H groups in total. The lowest BCUT2D eigenvalue weighted by molar-refractivity contribution is -0.0250. The minimum atomic E-state index is -0.989. The van der Waals surface area contributed by atoms with Crippen molar-refractivity contribution in [3.05, 3.63) is 64.7 Å². The van der Waals surface area contributed by atoms with Gasteiger partial charge in [-0.25, -0.2) is 0 Å². The Bertz CT molecular complexity index is 729. The number of nitrogens with zero attached hydrogens (tertiary/aromatic N) is 1. The minimum absolute atomic E-state index is 0.0780. The van der Waals surface area contributed by atoms with Crippen LogP contribution in [0.2, 0.25) is 5.02 Å². The summed E-state index contributed by atoms with van der Waals surface area (Å²) in [5, 5.41) is 12.6. The van der Waals surface area contributed by atoms with Crippen molar-refractivity contribution < 1.29 is 14.6 Å². The highest BCUT2D eigenvalue weighted by atomic mass is 35.5. The van der Waals surface area contributed by atoms with Gasteiger partial charge in [-0.15, -0.1) is 0 Å². The summed E-state index contributed by atoms with van der Waals surface area (Å²) < 4.78 is 11.1. The quantitative estimate of drug-likeness (QED) is 0.706. The zero-order chi connectivity index (χ0) is 20.0. The number of hydrogen-bond donors (Lipinski definition) is 1. The van der Waals surface area contributed by atoms with Crippen LogP contribution >= 0.6 is 11.6 Å². The molecule has 1 fully saturated rings. The first-order valence-corrected chi connectivity index (χ1v) is 10.5. The number of ether oxygens (including phenoxy) is 2. The van der Waals surface area contributed by atoms with Gasteiger partial charge in [0.15, 0.2) is 0 Å². The molecule has 4 nitrogen and oxygen atoms in total. The van der Waals surface area contributed by atoms with E-state index in [1.54, 1.807) is 0 Å². The molecule has 2 atom stereocenters. The van der Waals surface area contributed by atoms with Gasteiger partial charge < -0.3 is 14.6 Å². The Morgan fingerprint density at radius 2 is 1.71 bits per heavy atom. The van der Waals surface area contributed by atoms with Crippen molar-refractivity contribution in [2.24, 2.45) is 0 Å². The molecule has 1 aliphatic rings. The molecule has 2 aromatic rings. The Morgan fingerprint density at radius 1 is 1.07 bits per heavy atom. The average molecular weight is 404 g/mol. The summed E-state index contributed by atoms with van der Waals surface area (Å²) in [4.78, 5) is 2.37.